The molecule has 37 heavy (non-hydrogen) atoms. The molecule has 1 heterocycles. The topological polar surface area (TPSA) is 12.9 Å². The summed E-state index contributed by atoms with van der Waals surface area (Å²) in [6.07, 6.45) is 3.69. The summed E-state index contributed by atoms with van der Waals surface area (Å²) in [6.45, 7) is 2.14. The molecule has 0 N–H and O–H groups in total. The highest BCUT2D eigenvalue weighted by atomic mass is 14.6. The van der Waals surface area contributed by atoms with Gasteiger partial charge >= 0.3 is 0 Å². The van der Waals surface area contributed by atoms with Crippen molar-refractivity contribution >= 4 is 32.3 Å². The molecule has 0 spiro atoms. The van der Waals surface area contributed by atoms with E-state index < -0.39 is 0 Å². The number of hydrogen-bond donors (Lipinski definition) is 0. The fourth-order valence-electron chi connectivity index (χ4n) is 5.60. The molecule has 0 aliphatic rings. The number of nitrogens with zero attached hydrogens (tertiary/aromatic N) is 1. The Kier molecular flexibility index (Phi) is 5.08. The van der Waals surface area contributed by atoms with Crippen molar-refractivity contribution in [3.8, 4) is 33.4 Å². The molecule has 7 rings (SSSR count). The summed E-state index contributed by atoms with van der Waals surface area (Å²) in [4.78, 5) is 4.16. The second-order valence-electron chi connectivity index (χ2n) is 9.72. The van der Waals surface area contributed by atoms with Crippen LogP contribution in [0.4, 0.5) is 0 Å². The van der Waals surface area contributed by atoms with E-state index in [0.717, 1.165) is 0 Å². The monoisotopic (exact) mass is 471 g/mol. The molecule has 7 aromatic rings. The highest BCUT2D eigenvalue weighted by molar-refractivity contribution is 6.21. The van der Waals surface area contributed by atoms with Gasteiger partial charge in [-0.15, -0.1) is 0 Å². The first-order valence-electron chi connectivity index (χ1n) is 12.7. The lowest BCUT2D eigenvalue weighted by molar-refractivity contribution is 1.33. The normalized spacial score (nSPS) is 11.4. The van der Waals surface area contributed by atoms with Gasteiger partial charge in [0.05, 0.1) is 0 Å². The van der Waals surface area contributed by atoms with Crippen LogP contribution in [0.2, 0.25) is 0 Å². The maximum Gasteiger partial charge on any atom is 0.0273 e. The van der Waals surface area contributed by atoms with Crippen LogP contribution in [0.5, 0.6) is 0 Å². The van der Waals surface area contributed by atoms with E-state index in [-0.39, 0.29) is 0 Å². The van der Waals surface area contributed by atoms with E-state index in [0.29, 0.717) is 0 Å². The molecule has 0 saturated heterocycles. The highest BCUT2D eigenvalue weighted by Gasteiger charge is 2.16. The molecule has 0 aliphatic heterocycles. The van der Waals surface area contributed by atoms with E-state index in [4.69, 9.17) is 0 Å². The number of hydrogen-bond acceptors (Lipinski definition) is 1. The van der Waals surface area contributed by atoms with Gasteiger partial charge < -0.3 is 0 Å². The Balaban J connectivity index is 1.48. The zero-order chi connectivity index (χ0) is 24.8. The Morgan fingerprint density at radius 1 is 0.405 bits per heavy atom. The molecule has 0 atom stereocenters. The minimum absolute atomic E-state index is 1.18. The lowest BCUT2D eigenvalue weighted by Crippen LogP contribution is -1.91. The van der Waals surface area contributed by atoms with Crippen molar-refractivity contribution in [1.82, 2.24) is 4.98 Å². The molecular formula is C36H25N. The predicted octanol–water partition coefficient (Wildman–Crippen LogP) is 9.85. The first kappa shape index (κ1) is 21.5. The Morgan fingerprint density at radius 2 is 0.865 bits per heavy atom. The molecule has 0 saturated carbocycles. The van der Waals surface area contributed by atoms with Crippen LogP contribution in [0.15, 0.2) is 134 Å². The zero-order valence-electron chi connectivity index (χ0n) is 20.6. The standard InChI is InChI=1S/C36H25N/c1-24-10-12-26(13-11-24)35-31-6-2-4-8-33(31)36(34-9-5-3-7-32(34)35)30-17-16-28-22-27(14-15-29(28)23-30)25-18-20-37-21-19-25/h2-23H,1H3. The van der Waals surface area contributed by atoms with Gasteiger partial charge in [-0.05, 0) is 96.9 Å². The van der Waals surface area contributed by atoms with E-state index >= 15 is 0 Å². The SMILES string of the molecule is Cc1ccc(-c2c3ccccc3c(-c3ccc4cc(-c5ccncc5)ccc4c3)c3ccccc23)cc1. The van der Waals surface area contributed by atoms with E-state index in [1.807, 2.05) is 12.4 Å². The molecule has 0 amide bonds. The maximum atomic E-state index is 4.16. The Hall–Kier alpha value is -4.75. The predicted molar refractivity (Wildman–Crippen MR) is 158 cm³/mol. The zero-order valence-corrected chi connectivity index (χ0v) is 20.6. The van der Waals surface area contributed by atoms with E-state index in [1.54, 1.807) is 0 Å². The summed E-state index contributed by atoms with van der Waals surface area (Å²) < 4.78 is 0. The third-order valence-electron chi connectivity index (χ3n) is 7.41. The van der Waals surface area contributed by atoms with E-state index in [2.05, 4.69) is 133 Å². The number of benzene rings is 6. The second-order valence-corrected chi connectivity index (χ2v) is 9.72. The summed E-state index contributed by atoms with van der Waals surface area (Å²) in [7, 11) is 0. The van der Waals surface area contributed by atoms with Crippen LogP contribution in [-0.4, -0.2) is 4.98 Å². The molecule has 0 fully saturated rings. The van der Waals surface area contributed by atoms with Crippen LogP contribution in [0, 0.1) is 6.92 Å². The van der Waals surface area contributed by atoms with Crippen LogP contribution in [0.25, 0.3) is 65.7 Å². The summed E-state index contributed by atoms with van der Waals surface area (Å²) in [5.74, 6) is 0. The number of rotatable bonds is 3. The lowest BCUT2D eigenvalue weighted by atomic mass is 9.85. The molecule has 6 aromatic carbocycles. The van der Waals surface area contributed by atoms with Crippen LogP contribution in [-0.2, 0) is 0 Å². The van der Waals surface area contributed by atoms with Crippen molar-refractivity contribution in [1.29, 1.82) is 0 Å². The van der Waals surface area contributed by atoms with Crippen LogP contribution in [0.3, 0.4) is 0 Å². The molecule has 174 valence electrons. The average Bonchev–Trinajstić information content (AvgIpc) is 2.96. The van der Waals surface area contributed by atoms with Gasteiger partial charge in [0.25, 0.3) is 0 Å². The van der Waals surface area contributed by atoms with Crippen molar-refractivity contribution in [2.45, 2.75) is 6.92 Å². The first-order chi connectivity index (χ1) is 18.3. The van der Waals surface area contributed by atoms with Gasteiger partial charge in [0.15, 0.2) is 0 Å². The fourth-order valence-corrected chi connectivity index (χ4v) is 5.60. The quantitative estimate of drug-likeness (QED) is 0.234. The molecule has 1 aromatic heterocycles. The largest absolute Gasteiger partial charge is 0.265 e. The lowest BCUT2D eigenvalue weighted by Gasteiger charge is -2.18. The Labute approximate surface area is 216 Å². The molecule has 0 radical (unpaired) electrons. The first-order valence-corrected chi connectivity index (χ1v) is 12.7. The number of fused-ring (bicyclic) bond motifs is 3. The van der Waals surface area contributed by atoms with Crippen molar-refractivity contribution in [2.24, 2.45) is 0 Å². The van der Waals surface area contributed by atoms with Crippen molar-refractivity contribution < 1.29 is 0 Å². The highest BCUT2D eigenvalue weighted by Crippen LogP contribution is 2.44. The van der Waals surface area contributed by atoms with Crippen LogP contribution < -0.4 is 0 Å². The second kappa shape index (κ2) is 8.72. The van der Waals surface area contributed by atoms with Gasteiger partial charge in [-0.3, -0.25) is 4.98 Å². The molecule has 1 heteroatoms. The molecule has 0 aliphatic carbocycles. The Morgan fingerprint density at radius 3 is 1.43 bits per heavy atom. The van der Waals surface area contributed by atoms with Crippen molar-refractivity contribution in [3.05, 3.63) is 139 Å². The van der Waals surface area contributed by atoms with Crippen molar-refractivity contribution in [3.63, 3.8) is 0 Å². The average molecular weight is 472 g/mol. The number of pyridine rings is 1. The van der Waals surface area contributed by atoms with Gasteiger partial charge in [0.1, 0.15) is 0 Å². The van der Waals surface area contributed by atoms with Crippen LogP contribution >= 0.6 is 0 Å². The fraction of sp³-hybridized carbons (Fsp3) is 0.0278. The minimum atomic E-state index is 1.18. The maximum absolute atomic E-state index is 4.16. The van der Waals surface area contributed by atoms with Gasteiger partial charge in [0.2, 0.25) is 0 Å². The summed E-state index contributed by atoms with van der Waals surface area (Å²) in [5, 5.41) is 7.62. The molecule has 1 nitrogen and oxygen atoms in total. The Bertz CT molecular complexity index is 1860. The van der Waals surface area contributed by atoms with Gasteiger partial charge in [-0.1, -0.05) is 103 Å². The van der Waals surface area contributed by atoms with Gasteiger partial charge in [0, 0.05) is 12.4 Å². The smallest absolute Gasteiger partial charge is 0.0273 e. The van der Waals surface area contributed by atoms with Crippen molar-refractivity contribution in [2.75, 3.05) is 0 Å². The molecule has 0 unspecified atom stereocenters. The van der Waals surface area contributed by atoms with Gasteiger partial charge in [-0.2, -0.15) is 0 Å². The van der Waals surface area contributed by atoms with E-state index in [9.17, 15) is 0 Å². The molecule has 0 bridgehead atoms. The minimum Gasteiger partial charge on any atom is -0.265 e. The van der Waals surface area contributed by atoms with Gasteiger partial charge in [-0.25, -0.2) is 0 Å². The number of aromatic nitrogens is 1. The van der Waals surface area contributed by atoms with E-state index in [1.165, 1.54) is 71.3 Å². The third kappa shape index (κ3) is 3.68. The third-order valence-corrected chi connectivity index (χ3v) is 7.41. The summed E-state index contributed by atoms with van der Waals surface area (Å²) in [5.41, 5.74) is 8.77. The summed E-state index contributed by atoms with van der Waals surface area (Å²) >= 11 is 0. The summed E-state index contributed by atoms with van der Waals surface area (Å²) in [6, 6.07) is 44.3. The van der Waals surface area contributed by atoms with Crippen LogP contribution in [0.1, 0.15) is 5.56 Å². The number of aryl methyl sites for hydroxylation is 1. The molecular weight excluding hydrogens is 446 g/mol.